The minimum Gasteiger partial charge on any atom is -0.480 e. The number of non-ortho nitro benzene ring substituents is 1. The van der Waals surface area contributed by atoms with E-state index in [-0.39, 0.29) is 5.69 Å². The molecule has 0 spiro atoms. The summed E-state index contributed by atoms with van der Waals surface area (Å²) in [6.07, 6.45) is 1.49. The first-order valence-electron chi connectivity index (χ1n) is 5.88. The molecule has 1 atom stereocenters. The molecular formula is C12H13IN2O4. The smallest absolute Gasteiger partial charge is 0.320 e. The van der Waals surface area contributed by atoms with E-state index in [4.69, 9.17) is 5.11 Å². The number of nitro groups is 1. The average molecular weight is 376 g/mol. The van der Waals surface area contributed by atoms with E-state index < -0.39 is 16.9 Å². The van der Waals surface area contributed by atoms with Gasteiger partial charge in [-0.25, -0.2) is 0 Å². The van der Waals surface area contributed by atoms with E-state index in [9.17, 15) is 14.9 Å². The highest BCUT2D eigenvalue weighted by Gasteiger charge is 2.30. The summed E-state index contributed by atoms with van der Waals surface area (Å²) in [5.41, 5.74) is 0.833. The molecule has 1 aromatic carbocycles. The maximum absolute atomic E-state index is 11.1. The lowest BCUT2D eigenvalue weighted by Gasteiger charge is -2.20. The van der Waals surface area contributed by atoms with Gasteiger partial charge in [-0.05, 0) is 53.6 Å². The second-order valence-corrected chi connectivity index (χ2v) is 5.79. The molecular weight excluding hydrogens is 363 g/mol. The molecule has 6 nitrogen and oxygen atoms in total. The summed E-state index contributed by atoms with van der Waals surface area (Å²) in [6, 6.07) is 4.39. The number of benzene rings is 1. The molecule has 1 heterocycles. The van der Waals surface area contributed by atoms with Crippen molar-refractivity contribution in [3.63, 3.8) is 0 Å². The molecule has 0 bridgehead atoms. The first-order chi connectivity index (χ1) is 8.97. The molecule has 1 fully saturated rings. The van der Waals surface area contributed by atoms with Crippen LogP contribution in [0.5, 0.6) is 0 Å². The van der Waals surface area contributed by atoms with Crippen molar-refractivity contribution in [2.45, 2.75) is 25.4 Å². The molecule has 0 aliphatic carbocycles. The molecule has 0 unspecified atom stereocenters. The summed E-state index contributed by atoms with van der Waals surface area (Å²) in [5, 5.41) is 19.9. The lowest BCUT2D eigenvalue weighted by atomic mass is 10.1. The number of aliphatic carboxylic acids is 1. The van der Waals surface area contributed by atoms with E-state index in [0.717, 1.165) is 22.1 Å². The Kier molecular flexibility index (Phi) is 4.35. The number of carboxylic acid groups (broad SMARTS) is 1. The molecule has 102 valence electrons. The van der Waals surface area contributed by atoms with Gasteiger partial charge in [-0.2, -0.15) is 0 Å². The molecule has 19 heavy (non-hydrogen) atoms. The standard InChI is InChI=1S/C12H13IN2O4/c13-9-4-8(5-10(6-9)15(18)19)7-14-3-1-2-11(14)12(16)17/h4-6,11H,1-3,7H2,(H,16,17)/t11-/m0/s1. The molecule has 1 saturated heterocycles. The molecule has 1 N–H and O–H groups in total. The number of nitrogens with zero attached hydrogens (tertiary/aromatic N) is 2. The maximum Gasteiger partial charge on any atom is 0.320 e. The van der Waals surface area contributed by atoms with Crippen molar-refractivity contribution in [2.75, 3.05) is 6.54 Å². The van der Waals surface area contributed by atoms with Crippen molar-refractivity contribution in [2.24, 2.45) is 0 Å². The molecule has 1 aromatic rings. The molecule has 0 amide bonds. The molecule has 0 radical (unpaired) electrons. The average Bonchev–Trinajstić information content (AvgIpc) is 2.76. The van der Waals surface area contributed by atoms with Crippen LogP contribution in [-0.2, 0) is 11.3 Å². The van der Waals surface area contributed by atoms with Gasteiger partial charge in [-0.1, -0.05) is 0 Å². The van der Waals surface area contributed by atoms with E-state index in [0.29, 0.717) is 13.0 Å². The van der Waals surface area contributed by atoms with E-state index >= 15 is 0 Å². The molecule has 7 heteroatoms. The maximum atomic E-state index is 11.1. The van der Waals surface area contributed by atoms with Crippen molar-refractivity contribution in [1.82, 2.24) is 4.90 Å². The van der Waals surface area contributed by atoms with E-state index in [2.05, 4.69) is 0 Å². The van der Waals surface area contributed by atoms with Gasteiger partial charge >= 0.3 is 5.97 Å². The summed E-state index contributed by atoms with van der Waals surface area (Å²) in [6.45, 7) is 1.16. The highest BCUT2D eigenvalue weighted by molar-refractivity contribution is 14.1. The number of likely N-dealkylation sites (tertiary alicyclic amines) is 1. The van der Waals surface area contributed by atoms with Gasteiger partial charge < -0.3 is 5.11 Å². The third kappa shape index (κ3) is 3.41. The fourth-order valence-corrected chi connectivity index (χ4v) is 3.08. The molecule has 1 aliphatic heterocycles. The first-order valence-corrected chi connectivity index (χ1v) is 6.96. The van der Waals surface area contributed by atoms with Crippen LogP contribution in [0.15, 0.2) is 18.2 Å². The molecule has 0 saturated carbocycles. The number of hydrogen-bond donors (Lipinski definition) is 1. The van der Waals surface area contributed by atoms with Crippen molar-refractivity contribution in [1.29, 1.82) is 0 Å². The van der Waals surface area contributed by atoms with Crippen LogP contribution in [0.4, 0.5) is 5.69 Å². The van der Waals surface area contributed by atoms with Crippen molar-refractivity contribution in [3.8, 4) is 0 Å². The Morgan fingerprint density at radius 2 is 2.26 bits per heavy atom. The van der Waals surface area contributed by atoms with Gasteiger partial charge in [0.1, 0.15) is 6.04 Å². The number of rotatable bonds is 4. The first kappa shape index (κ1) is 14.2. The van der Waals surface area contributed by atoms with Crippen molar-refractivity contribution >= 4 is 34.2 Å². The van der Waals surface area contributed by atoms with Crippen LogP contribution in [0.2, 0.25) is 0 Å². The lowest BCUT2D eigenvalue weighted by molar-refractivity contribution is -0.385. The fraction of sp³-hybridized carbons (Fsp3) is 0.417. The van der Waals surface area contributed by atoms with Gasteiger partial charge in [0.2, 0.25) is 0 Å². The van der Waals surface area contributed by atoms with E-state index in [1.165, 1.54) is 12.1 Å². The van der Waals surface area contributed by atoms with Gasteiger partial charge in [-0.3, -0.25) is 19.8 Å². The molecule has 1 aliphatic rings. The van der Waals surface area contributed by atoms with Crippen LogP contribution in [0.3, 0.4) is 0 Å². The summed E-state index contributed by atoms with van der Waals surface area (Å²) in [4.78, 5) is 23.3. The van der Waals surface area contributed by atoms with Crippen LogP contribution >= 0.6 is 22.6 Å². The Hall–Kier alpha value is -1.22. The van der Waals surface area contributed by atoms with Crippen LogP contribution < -0.4 is 0 Å². The Morgan fingerprint density at radius 3 is 2.89 bits per heavy atom. The zero-order valence-electron chi connectivity index (χ0n) is 10.1. The Labute approximate surface area is 123 Å². The third-order valence-corrected chi connectivity index (χ3v) is 3.81. The summed E-state index contributed by atoms with van der Waals surface area (Å²) >= 11 is 2.03. The lowest BCUT2D eigenvalue weighted by Crippen LogP contribution is -2.35. The Balaban J connectivity index is 2.19. The summed E-state index contributed by atoms with van der Waals surface area (Å²) in [7, 11) is 0. The Bertz CT molecular complexity index is 520. The van der Waals surface area contributed by atoms with Gasteiger partial charge in [0, 0.05) is 22.2 Å². The number of nitro benzene ring substituents is 1. The largest absolute Gasteiger partial charge is 0.480 e. The van der Waals surface area contributed by atoms with Crippen LogP contribution in [0.25, 0.3) is 0 Å². The number of carbonyl (C=O) groups is 1. The van der Waals surface area contributed by atoms with E-state index in [1.807, 2.05) is 33.6 Å². The third-order valence-electron chi connectivity index (χ3n) is 3.19. The minimum absolute atomic E-state index is 0.0490. The predicted molar refractivity (Wildman–Crippen MR) is 76.9 cm³/mol. The van der Waals surface area contributed by atoms with Crippen LogP contribution in [-0.4, -0.2) is 33.5 Å². The normalized spacial score (nSPS) is 19.5. The highest BCUT2D eigenvalue weighted by Crippen LogP contribution is 2.24. The molecule has 2 rings (SSSR count). The minimum atomic E-state index is -0.822. The fourth-order valence-electron chi connectivity index (χ4n) is 2.36. The molecule has 0 aromatic heterocycles. The summed E-state index contributed by atoms with van der Waals surface area (Å²) in [5.74, 6) is -0.822. The van der Waals surface area contributed by atoms with Gasteiger partial charge in [0.15, 0.2) is 0 Å². The van der Waals surface area contributed by atoms with Crippen LogP contribution in [0.1, 0.15) is 18.4 Å². The number of halogens is 1. The zero-order chi connectivity index (χ0) is 14.0. The second-order valence-electron chi connectivity index (χ2n) is 4.54. The van der Waals surface area contributed by atoms with Crippen molar-refractivity contribution < 1.29 is 14.8 Å². The number of carboxylic acids is 1. The monoisotopic (exact) mass is 376 g/mol. The predicted octanol–water partition coefficient (Wildman–Crippen LogP) is 2.25. The Morgan fingerprint density at radius 1 is 1.53 bits per heavy atom. The zero-order valence-corrected chi connectivity index (χ0v) is 12.2. The van der Waals surface area contributed by atoms with Gasteiger partial charge in [-0.15, -0.1) is 0 Å². The summed E-state index contributed by atoms with van der Waals surface area (Å²) < 4.78 is 0.785. The van der Waals surface area contributed by atoms with Gasteiger partial charge in [0.25, 0.3) is 5.69 Å². The van der Waals surface area contributed by atoms with E-state index in [1.54, 1.807) is 0 Å². The highest BCUT2D eigenvalue weighted by atomic mass is 127. The number of hydrogen-bond acceptors (Lipinski definition) is 4. The van der Waals surface area contributed by atoms with Crippen LogP contribution in [0, 0.1) is 13.7 Å². The quantitative estimate of drug-likeness (QED) is 0.495. The SMILES string of the molecule is O=C(O)[C@@H]1CCCN1Cc1cc(I)cc([N+](=O)[O-])c1. The second kappa shape index (κ2) is 5.83. The topological polar surface area (TPSA) is 83.7 Å². The van der Waals surface area contributed by atoms with Crippen molar-refractivity contribution in [3.05, 3.63) is 37.4 Å². The van der Waals surface area contributed by atoms with Gasteiger partial charge in [0.05, 0.1) is 4.92 Å².